The normalized spacial score (nSPS) is 21.5. The van der Waals surface area contributed by atoms with Crippen LogP contribution in [0.1, 0.15) is 53.0 Å². The van der Waals surface area contributed by atoms with Gasteiger partial charge >= 0.3 is 12.1 Å². The summed E-state index contributed by atoms with van der Waals surface area (Å²) in [7, 11) is 0. The number of nitro benzene ring substituents is 1. The molecule has 13 heteroatoms. The molecule has 1 saturated heterocycles. The molecule has 0 spiro atoms. The number of rotatable bonds is 11. The molecule has 2 unspecified atom stereocenters. The van der Waals surface area contributed by atoms with Gasteiger partial charge in [-0.1, -0.05) is 26.8 Å². The molecule has 13 nitrogen and oxygen atoms in total. The van der Waals surface area contributed by atoms with E-state index in [9.17, 15) is 29.3 Å². The lowest BCUT2D eigenvalue weighted by molar-refractivity contribution is -0.384. The van der Waals surface area contributed by atoms with E-state index in [-0.39, 0.29) is 59.4 Å². The monoisotopic (exact) mass is 586 g/mol. The van der Waals surface area contributed by atoms with Gasteiger partial charge in [-0.2, -0.15) is 0 Å². The number of carbonyl (C=O) groups excluding carboxylic acids is 4. The van der Waals surface area contributed by atoms with Crippen LogP contribution in [0.4, 0.5) is 16.2 Å². The molecule has 0 aliphatic carbocycles. The van der Waals surface area contributed by atoms with E-state index in [0.29, 0.717) is 12.0 Å². The lowest BCUT2D eigenvalue weighted by Gasteiger charge is -2.42. The van der Waals surface area contributed by atoms with Gasteiger partial charge in [-0.05, 0) is 49.1 Å². The number of ether oxygens (including phenoxy) is 5. The molecule has 1 fully saturated rings. The molecule has 2 aromatic rings. The minimum atomic E-state index is -1.14. The molecule has 0 saturated carbocycles. The third-order valence-electron chi connectivity index (χ3n) is 6.72. The fraction of sp³-hybridized carbons (Fsp3) is 0.448. The number of nitrogens with zero attached hydrogens (tertiary/aromatic N) is 1. The van der Waals surface area contributed by atoms with Gasteiger partial charge in [0.2, 0.25) is 12.2 Å². The number of carbonyl (C=O) groups is 4. The summed E-state index contributed by atoms with van der Waals surface area (Å²) in [5.74, 6) is -1.32. The van der Waals surface area contributed by atoms with Crippen LogP contribution >= 0.6 is 0 Å². The molecule has 1 N–H and O–H groups in total. The van der Waals surface area contributed by atoms with Crippen molar-refractivity contribution in [1.82, 2.24) is 0 Å². The van der Waals surface area contributed by atoms with E-state index in [4.69, 9.17) is 23.7 Å². The highest BCUT2D eigenvalue weighted by molar-refractivity contribution is 5.92. The number of esters is 1. The zero-order valence-corrected chi connectivity index (χ0v) is 24.0. The molecule has 2 aromatic carbocycles. The van der Waals surface area contributed by atoms with Crippen molar-refractivity contribution in [2.75, 3.05) is 5.32 Å². The Morgan fingerprint density at radius 3 is 2.31 bits per heavy atom. The van der Waals surface area contributed by atoms with Crippen molar-refractivity contribution < 1.29 is 47.8 Å². The first-order chi connectivity index (χ1) is 19.9. The average molecular weight is 587 g/mol. The third kappa shape index (κ3) is 8.49. The second-order valence-corrected chi connectivity index (χ2v) is 9.97. The Hall–Kier alpha value is -4.52. The minimum absolute atomic E-state index is 0.0593. The Bertz CT molecular complexity index is 1310. The van der Waals surface area contributed by atoms with Gasteiger partial charge in [-0.3, -0.25) is 24.5 Å². The van der Waals surface area contributed by atoms with Crippen LogP contribution in [-0.2, 0) is 35.2 Å². The van der Waals surface area contributed by atoms with Crippen LogP contribution in [-0.4, -0.2) is 47.2 Å². The molecule has 0 aromatic heterocycles. The van der Waals surface area contributed by atoms with Gasteiger partial charge in [0.25, 0.3) is 5.69 Å². The predicted octanol–water partition coefficient (Wildman–Crippen LogP) is 4.95. The third-order valence-corrected chi connectivity index (χ3v) is 6.72. The maximum atomic E-state index is 12.5. The van der Waals surface area contributed by atoms with Gasteiger partial charge in [0.1, 0.15) is 24.2 Å². The number of hydrogen-bond acceptors (Lipinski definition) is 11. The van der Waals surface area contributed by atoms with Crippen LogP contribution in [0, 0.1) is 22.0 Å². The second kappa shape index (κ2) is 14.4. The van der Waals surface area contributed by atoms with E-state index in [1.165, 1.54) is 44.2 Å². The van der Waals surface area contributed by atoms with Crippen LogP contribution in [0.15, 0.2) is 42.5 Å². The summed E-state index contributed by atoms with van der Waals surface area (Å²) in [5, 5.41) is 13.6. The minimum Gasteiger partial charge on any atom is -0.459 e. The maximum absolute atomic E-state index is 12.5. The lowest BCUT2D eigenvalue weighted by atomic mass is 9.82. The van der Waals surface area contributed by atoms with E-state index in [2.05, 4.69) is 5.32 Å². The zero-order chi connectivity index (χ0) is 31.0. The molecular formula is C29H34N2O11. The summed E-state index contributed by atoms with van der Waals surface area (Å²) >= 11 is 0. The van der Waals surface area contributed by atoms with Gasteiger partial charge in [-0.25, -0.2) is 4.79 Å². The Kier molecular flexibility index (Phi) is 11.0. The number of ketones is 1. The number of Topliss-reactive ketones (excluding diaryl/α,β-unsaturated/α-hetero) is 1. The summed E-state index contributed by atoms with van der Waals surface area (Å²) in [4.78, 5) is 59.0. The average Bonchev–Trinajstić information content (AvgIpc) is 2.92. The number of hydrogen-bond donors (Lipinski definition) is 1. The molecule has 3 rings (SSSR count). The van der Waals surface area contributed by atoms with Gasteiger partial charge in [0, 0.05) is 31.4 Å². The number of non-ortho nitro benzene ring substituents is 1. The molecule has 226 valence electrons. The quantitative estimate of drug-likeness (QED) is 0.164. The number of nitro groups is 1. The number of benzene rings is 2. The number of amides is 1. The molecule has 1 aliphatic heterocycles. The fourth-order valence-electron chi connectivity index (χ4n) is 4.42. The first-order valence-corrected chi connectivity index (χ1v) is 13.4. The van der Waals surface area contributed by atoms with E-state index in [1.807, 2.05) is 20.8 Å². The van der Waals surface area contributed by atoms with Gasteiger partial charge in [-0.15, -0.1) is 0 Å². The number of nitrogens with one attached hydrogen (secondary N) is 1. The van der Waals surface area contributed by atoms with Crippen LogP contribution in [0.25, 0.3) is 0 Å². The Balaban J connectivity index is 1.79. The highest BCUT2D eigenvalue weighted by Crippen LogP contribution is 2.36. The summed E-state index contributed by atoms with van der Waals surface area (Å²) < 4.78 is 27.8. The van der Waals surface area contributed by atoms with Crippen molar-refractivity contribution in [3.05, 3.63) is 58.1 Å². The predicted molar refractivity (Wildman–Crippen MR) is 148 cm³/mol. The van der Waals surface area contributed by atoms with Gasteiger partial charge in [0.05, 0.1) is 10.6 Å². The Labute approximate surface area is 242 Å². The van der Waals surface area contributed by atoms with Crippen molar-refractivity contribution >= 4 is 35.2 Å². The Morgan fingerprint density at radius 2 is 1.71 bits per heavy atom. The van der Waals surface area contributed by atoms with Crippen molar-refractivity contribution in [2.45, 2.75) is 72.6 Å². The van der Waals surface area contributed by atoms with Crippen LogP contribution in [0.2, 0.25) is 0 Å². The van der Waals surface area contributed by atoms with Crippen molar-refractivity contribution in [1.29, 1.82) is 0 Å². The molecule has 0 bridgehead atoms. The topological polar surface area (TPSA) is 170 Å². The van der Waals surface area contributed by atoms with E-state index in [1.54, 1.807) is 12.1 Å². The van der Waals surface area contributed by atoms with E-state index in [0.717, 1.165) is 0 Å². The van der Waals surface area contributed by atoms with Gasteiger partial charge < -0.3 is 29.0 Å². The molecule has 5 atom stereocenters. The first kappa shape index (κ1) is 32.0. The van der Waals surface area contributed by atoms with Crippen molar-refractivity contribution in [2.24, 2.45) is 11.8 Å². The maximum Gasteiger partial charge on any atom is 0.514 e. The van der Waals surface area contributed by atoms with Crippen molar-refractivity contribution in [3.63, 3.8) is 0 Å². The molecule has 42 heavy (non-hydrogen) atoms. The standard InChI is InChI=1S/C29H34N2O11/c1-6-7-25(34)30-23-14-20(15-38-29(35)40-22-11-9-21(10-12-22)31(36)37)8-13-24(23)41-28-27(39-19(5)33)17(3)16(2)26(42-28)18(4)32/h8-14,16-17,26-28H,6-7,15H2,1-5H3,(H,30,34)/t16-,17-,26?,27?,28+/m0/s1. The highest BCUT2D eigenvalue weighted by atomic mass is 16.7. The molecule has 1 aliphatic rings. The zero-order valence-electron chi connectivity index (χ0n) is 24.0. The SMILES string of the molecule is CCCC(=O)Nc1cc(COC(=O)Oc2ccc([N+](=O)[O-])cc2)ccc1O[C@@H]1OC(C(C)=O)[C@@H](C)[C@H](C)C1OC(C)=O. The van der Waals surface area contributed by atoms with Crippen LogP contribution in [0.3, 0.4) is 0 Å². The summed E-state index contributed by atoms with van der Waals surface area (Å²) in [6, 6.07) is 9.57. The molecule has 1 heterocycles. The van der Waals surface area contributed by atoms with Crippen molar-refractivity contribution in [3.8, 4) is 11.5 Å². The summed E-state index contributed by atoms with van der Waals surface area (Å²) in [6.07, 6.45) is -2.98. The summed E-state index contributed by atoms with van der Waals surface area (Å²) in [5.41, 5.74) is 0.558. The van der Waals surface area contributed by atoms with Crippen LogP contribution < -0.4 is 14.8 Å². The smallest absolute Gasteiger partial charge is 0.459 e. The largest absolute Gasteiger partial charge is 0.514 e. The molecule has 1 amide bonds. The first-order valence-electron chi connectivity index (χ1n) is 13.4. The van der Waals surface area contributed by atoms with E-state index >= 15 is 0 Å². The van der Waals surface area contributed by atoms with Crippen LogP contribution in [0.5, 0.6) is 11.5 Å². The second-order valence-electron chi connectivity index (χ2n) is 9.97. The molecular weight excluding hydrogens is 552 g/mol. The highest BCUT2D eigenvalue weighted by Gasteiger charge is 2.46. The summed E-state index contributed by atoms with van der Waals surface area (Å²) in [6.45, 7) is 7.97. The fourth-order valence-corrected chi connectivity index (χ4v) is 4.42. The van der Waals surface area contributed by atoms with Gasteiger partial charge in [0.15, 0.2) is 11.9 Å². The number of anilines is 1. The van der Waals surface area contributed by atoms with E-state index < -0.39 is 35.5 Å². The lowest BCUT2D eigenvalue weighted by Crippen LogP contribution is -2.55. The Morgan fingerprint density at radius 1 is 1.02 bits per heavy atom. The molecule has 0 radical (unpaired) electrons.